The molecule has 2 aromatic carbocycles. The van der Waals surface area contributed by atoms with Crippen LogP contribution in [0.2, 0.25) is 0 Å². The van der Waals surface area contributed by atoms with Gasteiger partial charge >= 0.3 is 0 Å². The lowest BCUT2D eigenvalue weighted by molar-refractivity contribution is -0.873. The molecule has 4 nitrogen and oxygen atoms in total. The average molecular weight is 373 g/mol. The fourth-order valence-electron chi connectivity index (χ4n) is 3.18. The summed E-state index contributed by atoms with van der Waals surface area (Å²) in [5.74, 6) is 0.676. The van der Waals surface area contributed by atoms with Crippen molar-refractivity contribution >= 4 is 31.5 Å². The Kier molecular flexibility index (Phi) is 5.06. The summed E-state index contributed by atoms with van der Waals surface area (Å²) in [4.78, 5) is 12.9. The number of likely N-dealkylation sites (N-methyl/N-ethyl adjacent to an activating group) is 1. The predicted octanol–water partition coefficient (Wildman–Crippen LogP) is 3.48. The maximum absolute atomic E-state index is 12.9. The van der Waals surface area contributed by atoms with Crippen molar-refractivity contribution in [3.05, 3.63) is 51.7 Å². The standard InChI is InChI=1S/C21H26NO3S/c1-13-14(2)21-17(20(24)16-8-6-7-9-19(16)26-21)10-18(13)25-12-15(23)11-22(3,4)5/h6-10,15,23H,11-12H2,1-5H3/q+1. The molecule has 0 saturated heterocycles. The zero-order valence-corrected chi connectivity index (χ0v) is 16.8. The van der Waals surface area contributed by atoms with Crippen LogP contribution < -0.4 is 10.2 Å². The molecule has 0 aliphatic heterocycles. The van der Waals surface area contributed by atoms with Crippen LogP contribution in [-0.4, -0.2) is 50.0 Å². The van der Waals surface area contributed by atoms with Gasteiger partial charge in [-0.05, 0) is 43.2 Å². The second kappa shape index (κ2) is 6.99. The largest absolute Gasteiger partial charge is 0.490 e. The summed E-state index contributed by atoms with van der Waals surface area (Å²) in [6.45, 7) is 4.85. The van der Waals surface area contributed by atoms with Crippen LogP contribution in [0.25, 0.3) is 20.2 Å². The van der Waals surface area contributed by atoms with Gasteiger partial charge in [0, 0.05) is 20.2 Å². The Hall–Kier alpha value is -1.95. The van der Waals surface area contributed by atoms with Gasteiger partial charge in [-0.3, -0.25) is 4.79 Å². The molecule has 0 spiro atoms. The Bertz CT molecular complexity index is 1020. The molecular formula is C21H26NO3S+. The summed E-state index contributed by atoms with van der Waals surface area (Å²) in [6, 6.07) is 9.54. The average Bonchev–Trinajstić information content (AvgIpc) is 2.56. The number of aliphatic hydroxyl groups is 1. The van der Waals surface area contributed by atoms with Gasteiger partial charge in [-0.25, -0.2) is 0 Å². The molecule has 1 N–H and O–H groups in total. The van der Waals surface area contributed by atoms with Crippen LogP contribution in [0.4, 0.5) is 0 Å². The lowest BCUT2D eigenvalue weighted by Crippen LogP contribution is -2.43. The second-order valence-electron chi connectivity index (χ2n) is 7.87. The van der Waals surface area contributed by atoms with Gasteiger partial charge in [-0.1, -0.05) is 12.1 Å². The van der Waals surface area contributed by atoms with Gasteiger partial charge in [0.05, 0.1) is 21.1 Å². The minimum Gasteiger partial charge on any atom is -0.490 e. The molecule has 0 amide bonds. The zero-order chi connectivity index (χ0) is 19.1. The first-order chi connectivity index (χ1) is 12.2. The first-order valence-electron chi connectivity index (χ1n) is 8.74. The molecule has 0 aliphatic carbocycles. The fourth-order valence-corrected chi connectivity index (χ4v) is 4.39. The summed E-state index contributed by atoms with van der Waals surface area (Å²) in [6.07, 6.45) is -0.559. The van der Waals surface area contributed by atoms with Crippen molar-refractivity contribution in [3.63, 3.8) is 0 Å². The lowest BCUT2D eigenvalue weighted by Gasteiger charge is -2.26. The maximum atomic E-state index is 12.9. The van der Waals surface area contributed by atoms with Crippen LogP contribution in [0.3, 0.4) is 0 Å². The number of aliphatic hydroxyl groups excluding tert-OH is 1. The number of aryl methyl sites for hydroxylation is 1. The number of fused-ring (bicyclic) bond motifs is 2. The minimum absolute atomic E-state index is 0.0363. The smallest absolute Gasteiger partial charge is 0.196 e. The second-order valence-corrected chi connectivity index (χ2v) is 8.92. The Morgan fingerprint density at radius 2 is 1.81 bits per heavy atom. The Balaban J connectivity index is 2.02. The van der Waals surface area contributed by atoms with E-state index in [-0.39, 0.29) is 12.0 Å². The van der Waals surface area contributed by atoms with Gasteiger partial charge in [-0.2, -0.15) is 0 Å². The van der Waals surface area contributed by atoms with Crippen molar-refractivity contribution in [1.82, 2.24) is 0 Å². The molecule has 0 bridgehead atoms. The molecule has 5 heteroatoms. The van der Waals surface area contributed by atoms with E-state index < -0.39 is 6.10 Å². The molecule has 0 saturated carbocycles. The van der Waals surface area contributed by atoms with Gasteiger partial charge in [0.2, 0.25) is 0 Å². The molecule has 138 valence electrons. The third kappa shape index (κ3) is 3.75. The van der Waals surface area contributed by atoms with Crippen molar-refractivity contribution < 1.29 is 14.3 Å². The van der Waals surface area contributed by atoms with Crippen molar-refractivity contribution in [1.29, 1.82) is 0 Å². The quantitative estimate of drug-likeness (QED) is 0.551. The highest BCUT2D eigenvalue weighted by molar-refractivity contribution is 7.24. The van der Waals surface area contributed by atoms with Gasteiger partial charge in [0.25, 0.3) is 0 Å². The number of hydrogen-bond acceptors (Lipinski definition) is 4. The Labute approximate surface area is 157 Å². The van der Waals surface area contributed by atoms with Crippen molar-refractivity contribution in [3.8, 4) is 5.75 Å². The summed E-state index contributed by atoms with van der Waals surface area (Å²) in [5, 5.41) is 11.6. The summed E-state index contributed by atoms with van der Waals surface area (Å²) in [5.41, 5.74) is 2.11. The Morgan fingerprint density at radius 1 is 1.12 bits per heavy atom. The zero-order valence-electron chi connectivity index (χ0n) is 16.0. The minimum atomic E-state index is -0.559. The van der Waals surface area contributed by atoms with Crippen molar-refractivity contribution in [2.24, 2.45) is 0 Å². The van der Waals surface area contributed by atoms with E-state index in [0.29, 0.717) is 22.2 Å². The van der Waals surface area contributed by atoms with E-state index in [9.17, 15) is 9.90 Å². The predicted molar refractivity (Wildman–Crippen MR) is 109 cm³/mol. The first-order valence-corrected chi connectivity index (χ1v) is 9.56. The molecule has 26 heavy (non-hydrogen) atoms. The molecule has 3 rings (SSSR count). The highest BCUT2D eigenvalue weighted by Gasteiger charge is 2.18. The lowest BCUT2D eigenvalue weighted by atomic mass is 10.1. The number of quaternary nitrogens is 1. The van der Waals surface area contributed by atoms with Crippen LogP contribution in [0.1, 0.15) is 11.1 Å². The third-order valence-corrected chi connectivity index (χ3v) is 5.88. The van der Waals surface area contributed by atoms with Crippen LogP contribution in [0.15, 0.2) is 35.1 Å². The number of ether oxygens (including phenoxy) is 1. The van der Waals surface area contributed by atoms with E-state index in [2.05, 4.69) is 0 Å². The van der Waals surface area contributed by atoms with Gasteiger partial charge in [0.15, 0.2) is 5.43 Å². The number of hydrogen-bond donors (Lipinski definition) is 1. The van der Waals surface area contributed by atoms with E-state index in [1.165, 1.54) is 0 Å². The van der Waals surface area contributed by atoms with Crippen LogP contribution in [0, 0.1) is 13.8 Å². The summed E-state index contributed by atoms with van der Waals surface area (Å²) >= 11 is 1.64. The van der Waals surface area contributed by atoms with Gasteiger partial charge in [-0.15, -0.1) is 11.3 Å². The normalized spacial score (nSPS) is 13.3. The van der Waals surface area contributed by atoms with Gasteiger partial charge < -0.3 is 14.3 Å². The molecule has 1 atom stereocenters. The molecular weight excluding hydrogens is 346 g/mol. The van der Waals surface area contributed by atoms with Crippen LogP contribution in [-0.2, 0) is 0 Å². The highest BCUT2D eigenvalue weighted by atomic mass is 32.1. The molecule has 3 aromatic rings. The monoisotopic (exact) mass is 372 g/mol. The molecule has 0 fully saturated rings. The first kappa shape index (κ1) is 18.8. The molecule has 1 heterocycles. The topological polar surface area (TPSA) is 46.5 Å². The van der Waals surface area contributed by atoms with E-state index in [4.69, 9.17) is 4.74 Å². The van der Waals surface area contributed by atoms with Crippen molar-refractivity contribution in [2.45, 2.75) is 20.0 Å². The molecule has 0 aliphatic rings. The fraction of sp³-hybridized carbons (Fsp3) is 0.381. The van der Waals surface area contributed by atoms with E-state index in [0.717, 1.165) is 25.9 Å². The van der Waals surface area contributed by atoms with E-state index in [1.54, 1.807) is 11.3 Å². The van der Waals surface area contributed by atoms with Gasteiger partial charge in [0.1, 0.15) is 25.0 Å². The van der Waals surface area contributed by atoms with E-state index >= 15 is 0 Å². The number of rotatable bonds is 5. The number of nitrogens with zero attached hydrogens (tertiary/aromatic N) is 1. The Morgan fingerprint density at radius 3 is 2.50 bits per heavy atom. The highest BCUT2D eigenvalue weighted by Crippen LogP contribution is 2.33. The summed E-state index contributed by atoms with van der Waals surface area (Å²) < 4.78 is 8.58. The molecule has 1 unspecified atom stereocenters. The van der Waals surface area contributed by atoms with Crippen LogP contribution in [0.5, 0.6) is 5.75 Å². The summed E-state index contributed by atoms with van der Waals surface area (Å²) in [7, 11) is 6.10. The van der Waals surface area contributed by atoms with E-state index in [1.807, 2.05) is 65.3 Å². The van der Waals surface area contributed by atoms with Crippen molar-refractivity contribution in [2.75, 3.05) is 34.3 Å². The molecule has 0 radical (unpaired) electrons. The maximum Gasteiger partial charge on any atom is 0.196 e. The molecule has 1 aromatic heterocycles. The van der Waals surface area contributed by atoms with Crippen LogP contribution >= 0.6 is 11.3 Å². The third-order valence-electron chi connectivity index (χ3n) is 4.57. The number of benzene rings is 2. The SMILES string of the molecule is Cc1c(OCC(O)C[N+](C)(C)C)cc2c(=O)c3ccccc3sc2c1C.